The molecular weight excluding hydrogens is 328 g/mol. The molecule has 2 fully saturated rings. The number of anilines is 1. The number of likely N-dealkylation sites (tertiary alicyclic amines) is 1. The van der Waals surface area contributed by atoms with Crippen LogP contribution in [-0.4, -0.2) is 66.2 Å². The molecular formula is C20H32N4O2. The van der Waals surface area contributed by atoms with E-state index in [4.69, 9.17) is 9.72 Å². The molecule has 3 heterocycles. The van der Waals surface area contributed by atoms with Gasteiger partial charge in [-0.1, -0.05) is 6.07 Å². The van der Waals surface area contributed by atoms with Crippen molar-refractivity contribution < 1.29 is 9.53 Å². The molecule has 0 aromatic carbocycles. The molecule has 0 unspecified atom stereocenters. The molecule has 0 bridgehead atoms. The minimum absolute atomic E-state index is 0.0435. The SMILES string of the molecule is CN1CCN(c2ncccc2[C@@H]2CCCCN2C(=O)OC(C)(C)C)CC1. The zero-order chi connectivity index (χ0) is 18.7. The van der Waals surface area contributed by atoms with E-state index in [2.05, 4.69) is 22.9 Å². The van der Waals surface area contributed by atoms with E-state index in [0.717, 1.165) is 63.4 Å². The molecule has 0 saturated carbocycles. The number of nitrogens with zero attached hydrogens (tertiary/aromatic N) is 4. The molecule has 0 radical (unpaired) electrons. The van der Waals surface area contributed by atoms with Crippen LogP contribution in [0.2, 0.25) is 0 Å². The Balaban J connectivity index is 1.85. The Morgan fingerprint density at radius 3 is 2.58 bits per heavy atom. The fourth-order valence-electron chi connectivity index (χ4n) is 3.75. The highest BCUT2D eigenvalue weighted by Crippen LogP contribution is 2.36. The van der Waals surface area contributed by atoms with Crippen LogP contribution in [-0.2, 0) is 4.74 Å². The van der Waals surface area contributed by atoms with Crippen molar-refractivity contribution in [2.75, 3.05) is 44.7 Å². The maximum atomic E-state index is 12.8. The number of piperidine rings is 1. The second-order valence-electron chi connectivity index (χ2n) is 8.39. The van der Waals surface area contributed by atoms with E-state index in [-0.39, 0.29) is 12.1 Å². The molecule has 2 aliphatic heterocycles. The van der Waals surface area contributed by atoms with Crippen molar-refractivity contribution in [1.29, 1.82) is 0 Å². The van der Waals surface area contributed by atoms with Gasteiger partial charge in [-0.2, -0.15) is 0 Å². The maximum Gasteiger partial charge on any atom is 0.410 e. The lowest BCUT2D eigenvalue weighted by Gasteiger charge is -2.40. The summed E-state index contributed by atoms with van der Waals surface area (Å²) in [5.74, 6) is 1.03. The van der Waals surface area contributed by atoms with Crippen LogP contribution in [0.5, 0.6) is 0 Å². The first-order valence-electron chi connectivity index (χ1n) is 9.73. The summed E-state index contributed by atoms with van der Waals surface area (Å²) in [5.41, 5.74) is 0.677. The average Bonchev–Trinajstić information content (AvgIpc) is 2.61. The molecule has 1 atom stereocenters. The van der Waals surface area contributed by atoms with Gasteiger partial charge in [0.2, 0.25) is 0 Å². The summed E-state index contributed by atoms with van der Waals surface area (Å²) in [6, 6.07) is 4.16. The van der Waals surface area contributed by atoms with Crippen LogP contribution >= 0.6 is 0 Å². The Morgan fingerprint density at radius 2 is 1.88 bits per heavy atom. The van der Waals surface area contributed by atoms with Gasteiger partial charge in [-0.3, -0.25) is 0 Å². The van der Waals surface area contributed by atoms with Crippen LogP contribution in [0, 0.1) is 0 Å². The lowest BCUT2D eigenvalue weighted by Crippen LogP contribution is -2.46. The minimum atomic E-state index is -0.478. The third kappa shape index (κ3) is 4.47. The zero-order valence-electron chi connectivity index (χ0n) is 16.6. The van der Waals surface area contributed by atoms with Gasteiger partial charge in [0.05, 0.1) is 6.04 Å². The fraction of sp³-hybridized carbons (Fsp3) is 0.700. The largest absolute Gasteiger partial charge is 0.444 e. The molecule has 0 spiro atoms. The average molecular weight is 361 g/mol. The van der Waals surface area contributed by atoms with Crippen LogP contribution in [0.1, 0.15) is 51.6 Å². The predicted molar refractivity (Wildman–Crippen MR) is 103 cm³/mol. The molecule has 6 nitrogen and oxygen atoms in total. The molecule has 1 amide bonds. The molecule has 2 saturated heterocycles. The van der Waals surface area contributed by atoms with Crippen molar-refractivity contribution in [3.8, 4) is 0 Å². The Bertz CT molecular complexity index is 620. The number of likely N-dealkylation sites (N-methyl/N-ethyl adjacent to an activating group) is 1. The summed E-state index contributed by atoms with van der Waals surface area (Å²) in [4.78, 5) is 24.1. The number of ether oxygens (including phenoxy) is 1. The van der Waals surface area contributed by atoms with Gasteiger partial charge in [0.15, 0.2) is 0 Å². The lowest BCUT2D eigenvalue weighted by molar-refractivity contribution is 0.00953. The van der Waals surface area contributed by atoms with Crippen LogP contribution in [0.3, 0.4) is 0 Å². The third-order valence-electron chi connectivity index (χ3n) is 5.11. The maximum absolute atomic E-state index is 12.8. The zero-order valence-corrected chi connectivity index (χ0v) is 16.6. The summed E-state index contributed by atoms with van der Waals surface area (Å²) in [6.45, 7) is 10.5. The van der Waals surface area contributed by atoms with Crippen molar-refractivity contribution in [2.24, 2.45) is 0 Å². The van der Waals surface area contributed by atoms with Gasteiger partial charge in [0, 0.05) is 44.5 Å². The number of carbonyl (C=O) groups excluding carboxylic acids is 1. The Labute approximate surface area is 157 Å². The number of rotatable bonds is 2. The highest BCUT2D eigenvalue weighted by molar-refractivity contribution is 5.69. The molecule has 1 aromatic rings. The van der Waals surface area contributed by atoms with E-state index in [1.807, 2.05) is 37.9 Å². The highest BCUT2D eigenvalue weighted by Gasteiger charge is 2.34. The van der Waals surface area contributed by atoms with Crippen LogP contribution in [0.4, 0.5) is 10.6 Å². The van der Waals surface area contributed by atoms with Gasteiger partial charge in [0.1, 0.15) is 11.4 Å². The first-order chi connectivity index (χ1) is 12.3. The van der Waals surface area contributed by atoms with Gasteiger partial charge < -0.3 is 19.4 Å². The molecule has 3 rings (SSSR count). The molecule has 144 valence electrons. The Hall–Kier alpha value is -1.82. The van der Waals surface area contributed by atoms with E-state index >= 15 is 0 Å². The number of carbonyl (C=O) groups is 1. The number of aromatic nitrogens is 1. The van der Waals surface area contributed by atoms with Gasteiger partial charge in [-0.15, -0.1) is 0 Å². The quantitative estimate of drug-likeness (QED) is 0.810. The van der Waals surface area contributed by atoms with Crippen LogP contribution < -0.4 is 4.90 Å². The van der Waals surface area contributed by atoms with E-state index in [1.54, 1.807) is 0 Å². The van der Waals surface area contributed by atoms with Crippen LogP contribution in [0.25, 0.3) is 0 Å². The normalized spacial score (nSPS) is 22.4. The van der Waals surface area contributed by atoms with Crippen molar-refractivity contribution >= 4 is 11.9 Å². The van der Waals surface area contributed by atoms with E-state index in [9.17, 15) is 4.79 Å². The lowest BCUT2D eigenvalue weighted by atomic mass is 9.95. The monoisotopic (exact) mass is 360 g/mol. The smallest absolute Gasteiger partial charge is 0.410 e. The second-order valence-corrected chi connectivity index (χ2v) is 8.39. The standard InChI is InChI=1S/C20H32N4O2/c1-20(2,3)26-19(25)24-11-6-5-9-17(24)16-8-7-10-21-18(16)23-14-12-22(4)13-15-23/h7-8,10,17H,5-6,9,11-15H2,1-4H3/t17-/m0/s1. The van der Waals surface area contributed by atoms with Crippen molar-refractivity contribution in [3.63, 3.8) is 0 Å². The summed E-state index contributed by atoms with van der Waals surface area (Å²) in [6.07, 6.45) is 4.76. The first-order valence-corrected chi connectivity index (χ1v) is 9.73. The van der Waals surface area contributed by atoms with Gasteiger partial charge in [-0.25, -0.2) is 9.78 Å². The van der Waals surface area contributed by atoms with Gasteiger partial charge >= 0.3 is 6.09 Å². The number of pyridine rings is 1. The number of amides is 1. The van der Waals surface area contributed by atoms with Crippen LogP contribution in [0.15, 0.2) is 18.3 Å². The summed E-state index contributed by atoms with van der Waals surface area (Å²) in [7, 11) is 2.15. The Kier molecular flexibility index (Phi) is 5.70. The van der Waals surface area contributed by atoms with Crippen molar-refractivity contribution in [1.82, 2.24) is 14.8 Å². The number of hydrogen-bond donors (Lipinski definition) is 0. The van der Waals surface area contributed by atoms with Crippen molar-refractivity contribution in [2.45, 2.75) is 51.7 Å². The predicted octanol–water partition coefficient (Wildman–Crippen LogP) is 3.30. The topological polar surface area (TPSA) is 48.9 Å². The molecule has 0 aliphatic carbocycles. The van der Waals surface area contributed by atoms with Crippen molar-refractivity contribution in [3.05, 3.63) is 23.9 Å². The third-order valence-corrected chi connectivity index (χ3v) is 5.11. The van der Waals surface area contributed by atoms with E-state index in [0.29, 0.717) is 0 Å². The Morgan fingerprint density at radius 1 is 1.15 bits per heavy atom. The summed E-state index contributed by atoms with van der Waals surface area (Å²) in [5, 5.41) is 0. The second kappa shape index (κ2) is 7.82. The van der Waals surface area contributed by atoms with Gasteiger partial charge in [-0.05, 0) is 53.1 Å². The summed E-state index contributed by atoms with van der Waals surface area (Å²) < 4.78 is 5.67. The number of piperazine rings is 1. The van der Waals surface area contributed by atoms with Gasteiger partial charge in [0.25, 0.3) is 0 Å². The summed E-state index contributed by atoms with van der Waals surface area (Å²) >= 11 is 0. The van der Waals surface area contributed by atoms with E-state index in [1.165, 1.54) is 0 Å². The first kappa shape index (κ1) is 19.0. The molecule has 0 N–H and O–H groups in total. The molecule has 1 aromatic heterocycles. The highest BCUT2D eigenvalue weighted by atomic mass is 16.6. The fourth-order valence-corrected chi connectivity index (χ4v) is 3.75. The molecule has 26 heavy (non-hydrogen) atoms. The number of hydrogen-bond acceptors (Lipinski definition) is 5. The van der Waals surface area contributed by atoms with E-state index < -0.39 is 5.60 Å². The minimum Gasteiger partial charge on any atom is -0.444 e. The molecule has 2 aliphatic rings. The molecule has 6 heteroatoms.